The predicted octanol–water partition coefficient (Wildman–Crippen LogP) is 5.14. The second-order valence-corrected chi connectivity index (χ2v) is 11.1. The topological polar surface area (TPSA) is 86.8 Å². The Morgan fingerprint density at radius 2 is 1.60 bits per heavy atom. The van der Waals surface area contributed by atoms with E-state index in [1.54, 1.807) is 49.4 Å². The third kappa shape index (κ3) is 8.27. The normalized spacial score (nSPS) is 12.2. The lowest BCUT2D eigenvalue weighted by molar-refractivity contribution is -0.141. The van der Waals surface area contributed by atoms with Crippen LogP contribution in [-0.4, -0.2) is 50.5 Å². The standard InChI is InChI=1S/C24H30Cl3N3O4S/c1-4-22(24(32)28-5-2)29(16-19-20(26)8-6-9-21(19)27)23(31)10-7-15-30(35(3,33)34)18-13-11-17(25)12-14-18/h6,8-9,11-14,22H,4-5,7,10,15-16H2,1-3H3,(H,28,32). The zero-order chi connectivity index (χ0) is 26.2. The van der Waals surface area contributed by atoms with Gasteiger partial charge in [-0.25, -0.2) is 8.42 Å². The smallest absolute Gasteiger partial charge is 0.242 e. The Kier molecular flexibility index (Phi) is 11.1. The number of nitrogens with one attached hydrogen (secondary N) is 1. The Balaban J connectivity index is 2.25. The van der Waals surface area contributed by atoms with Gasteiger partial charge in [0.25, 0.3) is 0 Å². The number of carbonyl (C=O) groups excluding carboxylic acids is 2. The number of nitrogens with zero attached hydrogens (tertiary/aromatic N) is 2. The van der Waals surface area contributed by atoms with Crippen molar-refractivity contribution in [2.24, 2.45) is 0 Å². The van der Waals surface area contributed by atoms with Crippen LogP contribution in [0.25, 0.3) is 0 Å². The minimum atomic E-state index is -3.58. The van der Waals surface area contributed by atoms with Gasteiger partial charge in [-0.1, -0.05) is 47.8 Å². The van der Waals surface area contributed by atoms with Crippen LogP contribution in [0.1, 0.15) is 38.7 Å². The molecule has 2 aromatic carbocycles. The average Bonchev–Trinajstić information content (AvgIpc) is 2.78. The fourth-order valence-corrected chi connectivity index (χ4v) is 5.28. The summed E-state index contributed by atoms with van der Waals surface area (Å²) in [6.07, 6.45) is 1.77. The summed E-state index contributed by atoms with van der Waals surface area (Å²) in [6.45, 7) is 4.19. The van der Waals surface area contributed by atoms with Gasteiger partial charge >= 0.3 is 0 Å². The number of benzene rings is 2. The molecule has 2 amide bonds. The predicted molar refractivity (Wildman–Crippen MR) is 143 cm³/mol. The van der Waals surface area contributed by atoms with E-state index in [4.69, 9.17) is 34.8 Å². The molecule has 1 atom stereocenters. The highest BCUT2D eigenvalue weighted by atomic mass is 35.5. The van der Waals surface area contributed by atoms with Gasteiger partial charge in [0.15, 0.2) is 0 Å². The van der Waals surface area contributed by atoms with Crippen molar-refractivity contribution in [3.63, 3.8) is 0 Å². The summed E-state index contributed by atoms with van der Waals surface area (Å²) in [5.41, 5.74) is 1.00. The van der Waals surface area contributed by atoms with Crippen molar-refractivity contribution < 1.29 is 18.0 Å². The lowest BCUT2D eigenvalue weighted by atomic mass is 10.1. The molecule has 1 unspecified atom stereocenters. The Hall–Kier alpha value is -2.00. The summed E-state index contributed by atoms with van der Waals surface area (Å²) in [4.78, 5) is 27.6. The SMILES string of the molecule is CCNC(=O)C(CC)N(Cc1c(Cl)cccc1Cl)C(=O)CCCN(c1ccc(Cl)cc1)S(C)(=O)=O. The number of carbonyl (C=O) groups is 2. The van der Waals surface area contributed by atoms with E-state index in [0.29, 0.717) is 39.3 Å². The third-order valence-electron chi connectivity index (χ3n) is 5.39. The monoisotopic (exact) mass is 561 g/mol. The lowest BCUT2D eigenvalue weighted by Crippen LogP contribution is -2.49. The first-order chi connectivity index (χ1) is 16.5. The Labute approximate surface area is 222 Å². The first kappa shape index (κ1) is 29.2. The van der Waals surface area contributed by atoms with E-state index in [1.807, 2.05) is 6.92 Å². The van der Waals surface area contributed by atoms with Crippen molar-refractivity contribution in [1.82, 2.24) is 10.2 Å². The largest absolute Gasteiger partial charge is 0.355 e. The molecule has 0 fully saturated rings. The van der Waals surface area contributed by atoms with Crippen LogP contribution in [0.4, 0.5) is 5.69 Å². The summed E-state index contributed by atoms with van der Waals surface area (Å²) < 4.78 is 26.0. The first-order valence-corrected chi connectivity index (χ1v) is 14.2. The molecule has 0 radical (unpaired) electrons. The van der Waals surface area contributed by atoms with E-state index >= 15 is 0 Å². The van der Waals surface area contributed by atoms with Gasteiger partial charge in [-0.05, 0) is 56.2 Å². The average molecular weight is 563 g/mol. The van der Waals surface area contributed by atoms with Crippen LogP contribution in [0.3, 0.4) is 0 Å². The maximum Gasteiger partial charge on any atom is 0.242 e. The second-order valence-electron chi connectivity index (χ2n) is 7.96. The van der Waals surface area contributed by atoms with Crippen LogP contribution in [0, 0.1) is 0 Å². The zero-order valence-electron chi connectivity index (χ0n) is 19.9. The van der Waals surface area contributed by atoms with Crippen molar-refractivity contribution in [2.45, 2.75) is 45.7 Å². The number of hydrogen-bond donors (Lipinski definition) is 1. The number of likely N-dealkylation sites (N-methyl/N-ethyl adjacent to an activating group) is 1. The Morgan fingerprint density at radius 3 is 2.11 bits per heavy atom. The van der Waals surface area contributed by atoms with Crippen LogP contribution in [0.2, 0.25) is 15.1 Å². The van der Waals surface area contributed by atoms with Crippen LogP contribution < -0.4 is 9.62 Å². The number of rotatable bonds is 12. The van der Waals surface area contributed by atoms with Crippen LogP contribution in [0.5, 0.6) is 0 Å². The zero-order valence-corrected chi connectivity index (χ0v) is 23.0. The van der Waals surface area contributed by atoms with Crippen LogP contribution in [0.15, 0.2) is 42.5 Å². The molecule has 0 saturated heterocycles. The second kappa shape index (κ2) is 13.3. The minimum Gasteiger partial charge on any atom is -0.355 e. The number of sulfonamides is 1. The van der Waals surface area contributed by atoms with E-state index in [0.717, 1.165) is 6.26 Å². The van der Waals surface area contributed by atoms with Crippen molar-refractivity contribution in [3.8, 4) is 0 Å². The fraction of sp³-hybridized carbons (Fsp3) is 0.417. The molecule has 7 nitrogen and oxygen atoms in total. The molecule has 0 heterocycles. The first-order valence-electron chi connectivity index (χ1n) is 11.2. The summed E-state index contributed by atoms with van der Waals surface area (Å²) in [5, 5.41) is 4.05. The summed E-state index contributed by atoms with van der Waals surface area (Å²) in [5.74, 6) is -0.575. The molecular weight excluding hydrogens is 533 g/mol. The molecule has 1 N–H and O–H groups in total. The summed E-state index contributed by atoms with van der Waals surface area (Å²) in [7, 11) is -3.58. The van der Waals surface area contributed by atoms with Gasteiger partial charge in [0, 0.05) is 46.7 Å². The van der Waals surface area contributed by atoms with E-state index in [-0.39, 0.29) is 37.7 Å². The molecule has 0 saturated carbocycles. The van der Waals surface area contributed by atoms with Crippen molar-refractivity contribution in [1.29, 1.82) is 0 Å². The Morgan fingerprint density at radius 1 is 1.00 bits per heavy atom. The molecule has 35 heavy (non-hydrogen) atoms. The molecule has 2 rings (SSSR count). The molecule has 0 aliphatic heterocycles. The summed E-state index contributed by atoms with van der Waals surface area (Å²) >= 11 is 18.6. The van der Waals surface area contributed by atoms with Gasteiger partial charge in [-0.3, -0.25) is 13.9 Å². The molecule has 11 heteroatoms. The molecule has 0 aliphatic carbocycles. The highest BCUT2D eigenvalue weighted by Crippen LogP contribution is 2.27. The minimum absolute atomic E-state index is 0.0254. The number of anilines is 1. The van der Waals surface area contributed by atoms with E-state index in [1.165, 1.54) is 9.21 Å². The van der Waals surface area contributed by atoms with Crippen molar-refractivity contribution >= 4 is 62.3 Å². The van der Waals surface area contributed by atoms with Crippen LogP contribution >= 0.6 is 34.8 Å². The molecule has 0 aliphatic rings. The summed E-state index contributed by atoms with van der Waals surface area (Å²) in [6, 6.07) is 10.8. The van der Waals surface area contributed by atoms with Gasteiger partial charge in [-0.2, -0.15) is 0 Å². The highest BCUT2D eigenvalue weighted by Gasteiger charge is 2.29. The maximum atomic E-state index is 13.4. The molecule has 192 valence electrons. The van der Waals surface area contributed by atoms with Gasteiger partial charge < -0.3 is 10.2 Å². The third-order valence-corrected chi connectivity index (χ3v) is 7.55. The molecule has 0 spiro atoms. The van der Waals surface area contributed by atoms with Gasteiger partial charge in [0.05, 0.1) is 11.9 Å². The molecular formula is C24H30Cl3N3O4S. The van der Waals surface area contributed by atoms with Crippen molar-refractivity contribution in [2.75, 3.05) is 23.7 Å². The Bertz CT molecular complexity index is 1110. The fourth-order valence-electron chi connectivity index (χ4n) is 3.68. The molecule has 0 bridgehead atoms. The van der Waals surface area contributed by atoms with Crippen molar-refractivity contribution in [3.05, 3.63) is 63.1 Å². The number of amides is 2. The lowest BCUT2D eigenvalue weighted by Gasteiger charge is -2.31. The van der Waals surface area contributed by atoms with Gasteiger partial charge in [0.1, 0.15) is 6.04 Å². The number of hydrogen-bond acceptors (Lipinski definition) is 4. The van der Waals surface area contributed by atoms with E-state index in [9.17, 15) is 18.0 Å². The van der Waals surface area contributed by atoms with Gasteiger partial charge in [-0.15, -0.1) is 0 Å². The quantitative estimate of drug-likeness (QED) is 0.388. The van der Waals surface area contributed by atoms with Gasteiger partial charge in [0.2, 0.25) is 21.8 Å². The van der Waals surface area contributed by atoms with E-state index < -0.39 is 16.1 Å². The molecule has 0 aromatic heterocycles. The van der Waals surface area contributed by atoms with E-state index in [2.05, 4.69) is 5.32 Å². The maximum absolute atomic E-state index is 13.4. The van der Waals surface area contributed by atoms with Crippen LogP contribution in [-0.2, 0) is 26.2 Å². The highest BCUT2D eigenvalue weighted by molar-refractivity contribution is 7.92. The number of halogens is 3. The molecule has 2 aromatic rings.